The highest BCUT2D eigenvalue weighted by molar-refractivity contribution is 4.88. The summed E-state index contributed by atoms with van der Waals surface area (Å²) in [4.78, 5) is 7.37. The minimum absolute atomic E-state index is 0.748. The molecule has 0 atom stereocenters. The number of H-pyrrole nitrogens is 1. The summed E-state index contributed by atoms with van der Waals surface area (Å²) in [5.74, 6) is 2.08. The van der Waals surface area contributed by atoms with Crippen molar-refractivity contribution >= 4 is 0 Å². The maximum Gasteiger partial charge on any atom is 0.107 e. The van der Waals surface area contributed by atoms with Crippen molar-refractivity contribution < 1.29 is 0 Å². The van der Waals surface area contributed by atoms with E-state index in [1.165, 1.54) is 32.1 Å². The fourth-order valence-corrected chi connectivity index (χ4v) is 2.60. The quantitative estimate of drug-likeness (QED) is 0.802. The smallest absolute Gasteiger partial charge is 0.107 e. The molecule has 3 nitrogen and oxygen atoms in total. The molecule has 0 saturated heterocycles. The number of hydrogen-bond donors (Lipinski definition) is 2. The highest BCUT2D eigenvalue weighted by Crippen LogP contribution is 2.26. The molecule has 1 aromatic heterocycles. The van der Waals surface area contributed by atoms with Gasteiger partial charge in [0.25, 0.3) is 0 Å². The Kier molecular flexibility index (Phi) is 4.40. The molecule has 90 valence electrons. The summed E-state index contributed by atoms with van der Waals surface area (Å²) in [5, 5.41) is 3.64. The van der Waals surface area contributed by atoms with Crippen molar-refractivity contribution in [1.82, 2.24) is 15.3 Å². The van der Waals surface area contributed by atoms with Gasteiger partial charge in [-0.25, -0.2) is 4.98 Å². The van der Waals surface area contributed by atoms with Gasteiger partial charge < -0.3 is 10.3 Å². The Morgan fingerprint density at radius 2 is 2.19 bits per heavy atom. The molecule has 0 amide bonds. The van der Waals surface area contributed by atoms with Gasteiger partial charge in [0.2, 0.25) is 0 Å². The Balaban J connectivity index is 1.60. The summed E-state index contributed by atoms with van der Waals surface area (Å²) in [7, 11) is 0. The van der Waals surface area contributed by atoms with E-state index in [-0.39, 0.29) is 0 Å². The normalized spacial score (nSPS) is 25.8. The van der Waals surface area contributed by atoms with Crippen LogP contribution in [0.1, 0.15) is 44.9 Å². The highest BCUT2D eigenvalue weighted by Gasteiger charge is 2.18. The summed E-state index contributed by atoms with van der Waals surface area (Å²) >= 11 is 0. The monoisotopic (exact) mass is 221 g/mol. The first-order valence-corrected chi connectivity index (χ1v) is 6.60. The lowest BCUT2D eigenvalue weighted by molar-refractivity contribution is 0.287. The lowest BCUT2D eigenvalue weighted by Crippen LogP contribution is -2.34. The fourth-order valence-electron chi connectivity index (χ4n) is 2.60. The van der Waals surface area contributed by atoms with Crippen LogP contribution in [0.15, 0.2) is 12.4 Å². The number of aromatic nitrogens is 2. The zero-order valence-corrected chi connectivity index (χ0v) is 10.2. The number of imidazole rings is 1. The molecular formula is C13H23N3. The Morgan fingerprint density at radius 3 is 2.81 bits per heavy atom. The van der Waals surface area contributed by atoms with Crippen LogP contribution in [0.5, 0.6) is 0 Å². The molecule has 2 N–H and O–H groups in total. The number of hydrogen-bond acceptors (Lipinski definition) is 2. The van der Waals surface area contributed by atoms with Crippen LogP contribution in [0.3, 0.4) is 0 Å². The standard InChI is InChI=1S/C13H23N3/c1-2-11-3-5-12(6-4-11)14-8-7-13-15-9-10-16-13/h9-12,14H,2-8H2,1H3,(H,15,16). The summed E-state index contributed by atoms with van der Waals surface area (Å²) in [6.45, 7) is 3.37. The van der Waals surface area contributed by atoms with Crippen LogP contribution in [0.25, 0.3) is 0 Å². The van der Waals surface area contributed by atoms with Crippen LogP contribution in [-0.2, 0) is 6.42 Å². The minimum atomic E-state index is 0.748. The average Bonchev–Trinajstić information content (AvgIpc) is 2.83. The van der Waals surface area contributed by atoms with E-state index < -0.39 is 0 Å². The molecule has 1 fully saturated rings. The van der Waals surface area contributed by atoms with E-state index in [0.717, 1.165) is 30.7 Å². The van der Waals surface area contributed by atoms with Gasteiger partial charge >= 0.3 is 0 Å². The number of nitrogens with zero attached hydrogens (tertiary/aromatic N) is 1. The highest BCUT2D eigenvalue weighted by atomic mass is 14.9. The largest absolute Gasteiger partial charge is 0.349 e. The molecule has 1 aromatic rings. The molecular weight excluding hydrogens is 198 g/mol. The molecule has 0 radical (unpaired) electrons. The Bertz CT molecular complexity index is 273. The summed E-state index contributed by atoms with van der Waals surface area (Å²) in [6, 6.07) is 0.748. The first-order chi connectivity index (χ1) is 7.88. The van der Waals surface area contributed by atoms with Crippen LogP contribution in [0.4, 0.5) is 0 Å². The molecule has 1 aliphatic carbocycles. The van der Waals surface area contributed by atoms with Crippen molar-refractivity contribution in [2.45, 2.75) is 51.5 Å². The van der Waals surface area contributed by atoms with Crippen molar-refractivity contribution in [2.24, 2.45) is 5.92 Å². The van der Waals surface area contributed by atoms with Gasteiger partial charge in [-0.3, -0.25) is 0 Å². The molecule has 2 rings (SSSR count). The van der Waals surface area contributed by atoms with Gasteiger partial charge in [-0.2, -0.15) is 0 Å². The maximum atomic E-state index is 4.23. The average molecular weight is 221 g/mol. The molecule has 0 unspecified atom stereocenters. The molecule has 3 heteroatoms. The van der Waals surface area contributed by atoms with Crippen molar-refractivity contribution in [2.75, 3.05) is 6.54 Å². The predicted octanol–water partition coefficient (Wildman–Crippen LogP) is 2.51. The zero-order valence-electron chi connectivity index (χ0n) is 10.2. The molecule has 0 bridgehead atoms. The Labute approximate surface area is 98.1 Å². The number of rotatable bonds is 5. The van der Waals surface area contributed by atoms with E-state index in [4.69, 9.17) is 0 Å². The van der Waals surface area contributed by atoms with E-state index in [1.54, 1.807) is 0 Å². The Morgan fingerprint density at radius 1 is 1.38 bits per heavy atom. The van der Waals surface area contributed by atoms with Crippen LogP contribution in [0, 0.1) is 5.92 Å². The van der Waals surface area contributed by atoms with E-state index in [1.807, 2.05) is 12.4 Å². The SMILES string of the molecule is CCC1CCC(NCCc2ncc[nH]2)CC1. The van der Waals surface area contributed by atoms with Gasteiger partial charge in [0.15, 0.2) is 0 Å². The van der Waals surface area contributed by atoms with E-state index in [9.17, 15) is 0 Å². The molecule has 0 aromatic carbocycles. The van der Waals surface area contributed by atoms with Gasteiger partial charge in [-0.05, 0) is 31.6 Å². The molecule has 16 heavy (non-hydrogen) atoms. The second kappa shape index (κ2) is 6.04. The van der Waals surface area contributed by atoms with Crippen LogP contribution >= 0.6 is 0 Å². The third kappa shape index (κ3) is 3.34. The molecule has 1 heterocycles. The minimum Gasteiger partial charge on any atom is -0.349 e. The molecule has 0 spiro atoms. The summed E-state index contributed by atoms with van der Waals surface area (Å²) < 4.78 is 0. The fraction of sp³-hybridized carbons (Fsp3) is 0.769. The summed E-state index contributed by atoms with van der Waals surface area (Å²) in [6.07, 6.45) is 11.6. The first kappa shape index (κ1) is 11.6. The van der Waals surface area contributed by atoms with E-state index in [0.29, 0.717) is 0 Å². The zero-order chi connectivity index (χ0) is 11.2. The van der Waals surface area contributed by atoms with Gasteiger partial charge in [-0.15, -0.1) is 0 Å². The number of nitrogens with one attached hydrogen (secondary N) is 2. The van der Waals surface area contributed by atoms with Crippen LogP contribution in [-0.4, -0.2) is 22.6 Å². The van der Waals surface area contributed by atoms with Gasteiger partial charge in [0.1, 0.15) is 5.82 Å². The lowest BCUT2D eigenvalue weighted by Gasteiger charge is -2.28. The predicted molar refractivity (Wildman–Crippen MR) is 66.3 cm³/mol. The molecule has 1 aliphatic rings. The van der Waals surface area contributed by atoms with Crippen molar-refractivity contribution in [3.05, 3.63) is 18.2 Å². The third-order valence-electron chi connectivity index (χ3n) is 3.77. The second-order valence-electron chi connectivity index (χ2n) is 4.87. The molecule has 1 saturated carbocycles. The number of aromatic amines is 1. The first-order valence-electron chi connectivity index (χ1n) is 6.60. The maximum absolute atomic E-state index is 4.23. The lowest BCUT2D eigenvalue weighted by atomic mass is 9.84. The van der Waals surface area contributed by atoms with Crippen molar-refractivity contribution in [3.63, 3.8) is 0 Å². The van der Waals surface area contributed by atoms with Gasteiger partial charge in [-0.1, -0.05) is 13.3 Å². The Hall–Kier alpha value is -0.830. The topological polar surface area (TPSA) is 40.7 Å². The van der Waals surface area contributed by atoms with E-state index >= 15 is 0 Å². The third-order valence-corrected chi connectivity index (χ3v) is 3.77. The summed E-state index contributed by atoms with van der Waals surface area (Å²) in [5.41, 5.74) is 0. The molecule has 0 aliphatic heterocycles. The van der Waals surface area contributed by atoms with Gasteiger partial charge in [0, 0.05) is 31.4 Å². The van der Waals surface area contributed by atoms with Gasteiger partial charge in [0.05, 0.1) is 0 Å². The van der Waals surface area contributed by atoms with Crippen molar-refractivity contribution in [3.8, 4) is 0 Å². The van der Waals surface area contributed by atoms with Crippen molar-refractivity contribution in [1.29, 1.82) is 0 Å². The van der Waals surface area contributed by atoms with Crippen LogP contribution in [0.2, 0.25) is 0 Å². The van der Waals surface area contributed by atoms with E-state index in [2.05, 4.69) is 22.2 Å². The second-order valence-corrected chi connectivity index (χ2v) is 4.87. The van der Waals surface area contributed by atoms with Crippen LogP contribution < -0.4 is 5.32 Å².